The number of hydrogen-bond acceptors (Lipinski definition) is 1. The number of rotatable bonds is 7. The van der Waals surface area contributed by atoms with Gasteiger partial charge in [0.1, 0.15) is 13.1 Å². The van der Waals surface area contributed by atoms with E-state index in [1.165, 1.54) is 42.4 Å². The number of carbonyl (C=O) groups is 1. The molecule has 4 N–H and O–H groups in total. The predicted molar refractivity (Wildman–Crippen MR) is 118 cm³/mol. The van der Waals surface area contributed by atoms with Crippen LogP contribution in [0.25, 0.3) is 10.8 Å². The van der Waals surface area contributed by atoms with Crippen LogP contribution in [0.1, 0.15) is 30.9 Å². The van der Waals surface area contributed by atoms with E-state index in [4.69, 9.17) is 0 Å². The number of likely N-dealkylation sites (tertiary alicyclic amines) is 1. The zero-order valence-electron chi connectivity index (χ0n) is 17.2. The second kappa shape index (κ2) is 9.21. The standard InChI is InChI=1S/C25H29N3O/c1-19(25(29)27-24-13-12-20-8-2-3-9-21(20)16-24)26-17-22-10-4-5-11-23(22)18-28-14-6-7-15-28/h2-5,8-13,16,19,26H,6-7,14-15,17-18H2,1H3,(H,27,29)/p+2/t19-/m1/s1. The molecule has 4 rings (SSSR count). The van der Waals surface area contributed by atoms with Gasteiger partial charge in [-0.15, -0.1) is 0 Å². The molecule has 1 fully saturated rings. The van der Waals surface area contributed by atoms with Crippen molar-refractivity contribution in [2.24, 2.45) is 0 Å². The summed E-state index contributed by atoms with van der Waals surface area (Å²) in [5.41, 5.74) is 3.62. The van der Waals surface area contributed by atoms with E-state index in [9.17, 15) is 4.79 Å². The lowest BCUT2D eigenvalue weighted by Gasteiger charge is -2.16. The maximum absolute atomic E-state index is 12.7. The van der Waals surface area contributed by atoms with Gasteiger partial charge in [-0.1, -0.05) is 54.6 Å². The van der Waals surface area contributed by atoms with Crippen molar-refractivity contribution in [1.29, 1.82) is 0 Å². The summed E-state index contributed by atoms with van der Waals surface area (Å²) >= 11 is 0. The molecule has 29 heavy (non-hydrogen) atoms. The monoisotopic (exact) mass is 389 g/mol. The number of hydrogen-bond donors (Lipinski definition) is 3. The van der Waals surface area contributed by atoms with E-state index in [-0.39, 0.29) is 11.9 Å². The highest BCUT2D eigenvalue weighted by atomic mass is 16.2. The zero-order chi connectivity index (χ0) is 20.1. The van der Waals surface area contributed by atoms with Crippen LogP contribution >= 0.6 is 0 Å². The van der Waals surface area contributed by atoms with Crippen LogP contribution in [0.15, 0.2) is 66.7 Å². The van der Waals surface area contributed by atoms with Gasteiger partial charge in [0.05, 0.1) is 13.1 Å². The van der Waals surface area contributed by atoms with Gasteiger partial charge in [0.15, 0.2) is 6.04 Å². The quantitative estimate of drug-likeness (QED) is 0.570. The molecule has 0 saturated carbocycles. The zero-order valence-corrected chi connectivity index (χ0v) is 17.2. The van der Waals surface area contributed by atoms with E-state index in [1.807, 2.05) is 31.2 Å². The number of nitrogens with one attached hydrogen (secondary N) is 2. The van der Waals surface area contributed by atoms with Gasteiger partial charge in [0, 0.05) is 29.7 Å². The first kappa shape index (κ1) is 19.6. The SMILES string of the molecule is C[C@@H]([NH2+]Cc1ccccc1C[NH+]1CCCC1)C(=O)Nc1ccc2ccccc2c1. The fourth-order valence-corrected chi connectivity index (χ4v) is 4.18. The van der Waals surface area contributed by atoms with Gasteiger partial charge in [0.25, 0.3) is 5.91 Å². The molecule has 0 aromatic heterocycles. The molecule has 0 bridgehead atoms. The molecule has 4 nitrogen and oxygen atoms in total. The van der Waals surface area contributed by atoms with E-state index in [2.05, 4.69) is 53.1 Å². The van der Waals surface area contributed by atoms with Gasteiger partial charge < -0.3 is 15.5 Å². The topological polar surface area (TPSA) is 50.2 Å². The minimum Gasteiger partial charge on any atom is -0.332 e. The highest BCUT2D eigenvalue weighted by Crippen LogP contribution is 2.18. The van der Waals surface area contributed by atoms with E-state index >= 15 is 0 Å². The second-order valence-corrected chi connectivity index (χ2v) is 8.18. The first-order valence-corrected chi connectivity index (χ1v) is 10.7. The summed E-state index contributed by atoms with van der Waals surface area (Å²) in [6, 6.07) is 22.8. The lowest BCUT2D eigenvalue weighted by Crippen LogP contribution is -3.08. The molecule has 1 saturated heterocycles. The van der Waals surface area contributed by atoms with E-state index < -0.39 is 0 Å². The number of benzene rings is 3. The lowest BCUT2D eigenvalue weighted by molar-refractivity contribution is -0.901. The second-order valence-electron chi connectivity index (χ2n) is 8.18. The number of amides is 1. The molecule has 1 aliphatic rings. The van der Waals surface area contributed by atoms with Crippen molar-refractivity contribution in [1.82, 2.24) is 0 Å². The summed E-state index contributed by atoms with van der Waals surface area (Å²) < 4.78 is 0. The van der Waals surface area contributed by atoms with Crippen molar-refractivity contribution in [3.05, 3.63) is 77.9 Å². The van der Waals surface area contributed by atoms with E-state index in [1.54, 1.807) is 4.90 Å². The van der Waals surface area contributed by atoms with Crippen LogP contribution in [-0.2, 0) is 17.9 Å². The molecule has 0 unspecified atom stereocenters. The molecular formula is C25H31N3O+2. The summed E-state index contributed by atoms with van der Waals surface area (Å²) in [6.45, 7) is 6.47. The van der Waals surface area contributed by atoms with Crippen LogP contribution in [0.2, 0.25) is 0 Å². The number of anilines is 1. The molecule has 0 spiro atoms. The fraction of sp³-hybridized carbons (Fsp3) is 0.320. The van der Waals surface area contributed by atoms with E-state index in [0.717, 1.165) is 24.2 Å². The van der Waals surface area contributed by atoms with Crippen LogP contribution in [-0.4, -0.2) is 25.0 Å². The van der Waals surface area contributed by atoms with Crippen LogP contribution < -0.4 is 15.5 Å². The van der Waals surface area contributed by atoms with Gasteiger partial charge in [0.2, 0.25) is 0 Å². The van der Waals surface area contributed by atoms with Crippen LogP contribution in [0.3, 0.4) is 0 Å². The largest absolute Gasteiger partial charge is 0.332 e. The molecule has 1 aliphatic heterocycles. The Morgan fingerprint density at radius 3 is 2.45 bits per heavy atom. The average Bonchev–Trinajstić information content (AvgIpc) is 3.26. The third kappa shape index (κ3) is 5.03. The molecule has 150 valence electrons. The summed E-state index contributed by atoms with van der Waals surface area (Å²) in [6.07, 6.45) is 2.69. The average molecular weight is 390 g/mol. The van der Waals surface area contributed by atoms with Crippen molar-refractivity contribution in [3.8, 4) is 0 Å². The Labute approximate surface area is 172 Å². The van der Waals surface area contributed by atoms with Gasteiger partial charge in [-0.3, -0.25) is 4.79 Å². The summed E-state index contributed by atoms with van der Waals surface area (Å²) in [7, 11) is 0. The normalized spacial score (nSPS) is 15.5. The Morgan fingerprint density at radius 2 is 1.66 bits per heavy atom. The van der Waals surface area contributed by atoms with Crippen molar-refractivity contribution in [2.75, 3.05) is 18.4 Å². The molecule has 3 aromatic carbocycles. The lowest BCUT2D eigenvalue weighted by atomic mass is 10.1. The Bertz CT molecular complexity index is 978. The van der Waals surface area contributed by atoms with E-state index in [0.29, 0.717) is 0 Å². The maximum Gasteiger partial charge on any atom is 0.282 e. The van der Waals surface area contributed by atoms with Crippen molar-refractivity contribution < 1.29 is 15.0 Å². The van der Waals surface area contributed by atoms with Crippen LogP contribution in [0, 0.1) is 0 Å². The molecule has 4 heteroatoms. The fourth-order valence-electron chi connectivity index (χ4n) is 4.18. The summed E-state index contributed by atoms with van der Waals surface area (Å²) in [5, 5.41) is 7.52. The first-order valence-electron chi connectivity index (χ1n) is 10.7. The van der Waals surface area contributed by atoms with Crippen molar-refractivity contribution in [2.45, 2.75) is 38.9 Å². The van der Waals surface area contributed by atoms with Crippen molar-refractivity contribution >= 4 is 22.4 Å². The molecule has 1 amide bonds. The van der Waals surface area contributed by atoms with Gasteiger partial charge >= 0.3 is 0 Å². The number of fused-ring (bicyclic) bond motifs is 1. The minimum absolute atomic E-state index is 0.0444. The number of nitrogens with two attached hydrogens (primary N) is 1. The van der Waals surface area contributed by atoms with Gasteiger partial charge in [-0.2, -0.15) is 0 Å². The van der Waals surface area contributed by atoms with Gasteiger partial charge in [-0.25, -0.2) is 0 Å². The number of carbonyl (C=O) groups excluding carboxylic acids is 1. The van der Waals surface area contributed by atoms with Crippen LogP contribution in [0.4, 0.5) is 5.69 Å². The Balaban J connectivity index is 1.35. The highest BCUT2D eigenvalue weighted by Gasteiger charge is 2.20. The Morgan fingerprint density at radius 1 is 0.966 bits per heavy atom. The minimum atomic E-state index is -0.145. The Kier molecular flexibility index (Phi) is 6.23. The molecule has 1 heterocycles. The smallest absolute Gasteiger partial charge is 0.282 e. The predicted octanol–water partition coefficient (Wildman–Crippen LogP) is 2.11. The summed E-state index contributed by atoms with van der Waals surface area (Å²) in [4.78, 5) is 14.4. The van der Waals surface area contributed by atoms with Gasteiger partial charge in [-0.05, 0) is 29.8 Å². The van der Waals surface area contributed by atoms with Crippen molar-refractivity contribution in [3.63, 3.8) is 0 Å². The molecule has 0 aliphatic carbocycles. The summed E-state index contributed by atoms with van der Waals surface area (Å²) in [5.74, 6) is 0.0444. The van der Waals surface area contributed by atoms with Crippen LogP contribution in [0.5, 0.6) is 0 Å². The third-order valence-electron chi connectivity index (χ3n) is 5.99. The molecule has 1 atom stereocenters. The first-order chi connectivity index (χ1) is 14.2. The molecular weight excluding hydrogens is 358 g/mol. The maximum atomic E-state index is 12.7. The third-order valence-corrected chi connectivity index (χ3v) is 5.99. The highest BCUT2D eigenvalue weighted by molar-refractivity contribution is 5.96. The molecule has 3 aromatic rings. The Hall–Kier alpha value is -2.69. The molecule has 0 radical (unpaired) electrons. The number of quaternary nitrogens is 2.